The van der Waals surface area contributed by atoms with Crippen LogP contribution in [-0.2, 0) is 13.5 Å². The van der Waals surface area contributed by atoms with Gasteiger partial charge >= 0.3 is 0 Å². The first-order valence-electron chi connectivity index (χ1n) is 9.00. The molecule has 7 heteroatoms. The molecule has 0 saturated carbocycles. The Morgan fingerprint density at radius 2 is 2.08 bits per heavy atom. The topological polar surface area (TPSA) is 72.6 Å². The van der Waals surface area contributed by atoms with E-state index in [2.05, 4.69) is 30.9 Å². The normalized spacial score (nSPS) is 17.5. The molecule has 134 valence electrons. The van der Waals surface area contributed by atoms with Crippen LogP contribution in [0.5, 0.6) is 0 Å². The van der Waals surface area contributed by atoms with E-state index in [9.17, 15) is 0 Å². The highest BCUT2D eigenvalue weighted by atomic mass is 15.2. The minimum atomic E-state index is 0.551. The molecule has 3 aromatic rings. The first-order chi connectivity index (χ1) is 12.7. The van der Waals surface area contributed by atoms with Crippen molar-refractivity contribution in [2.75, 3.05) is 18.0 Å². The molecule has 4 heterocycles. The minimum Gasteiger partial charge on any atom is -0.356 e. The number of anilines is 1. The average molecular weight is 349 g/mol. The molecule has 0 radical (unpaired) electrons. The van der Waals surface area contributed by atoms with Crippen molar-refractivity contribution in [2.24, 2.45) is 13.0 Å². The van der Waals surface area contributed by atoms with Crippen LogP contribution in [0.3, 0.4) is 0 Å². The summed E-state index contributed by atoms with van der Waals surface area (Å²) in [6.45, 7) is 4.05. The van der Waals surface area contributed by atoms with Crippen LogP contribution in [0.25, 0.3) is 11.4 Å². The molecule has 1 aliphatic rings. The van der Waals surface area contributed by atoms with Gasteiger partial charge in [-0.3, -0.25) is 4.98 Å². The highest BCUT2D eigenvalue weighted by Gasteiger charge is 2.22. The van der Waals surface area contributed by atoms with Crippen molar-refractivity contribution in [2.45, 2.75) is 26.2 Å². The maximum absolute atomic E-state index is 4.81. The number of rotatable bonds is 4. The van der Waals surface area contributed by atoms with Crippen molar-refractivity contribution in [3.05, 3.63) is 48.7 Å². The number of piperidine rings is 1. The van der Waals surface area contributed by atoms with Crippen LogP contribution in [0, 0.1) is 12.8 Å². The van der Waals surface area contributed by atoms with E-state index in [0.717, 1.165) is 48.1 Å². The van der Waals surface area contributed by atoms with Gasteiger partial charge in [0.05, 0.1) is 30.1 Å². The van der Waals surface area contributed by atoms with E-state index >= 15 is 0 Å². The Bertz CT molecular complexity index is 889. The molecule has 1 aliphatic heterocycles. The van der Waals surface area contributed by atoms with E-state index in [0.29, 0.717) is 5.92 Å². The Balaban J connectivity index is 1.48. The molecular formula is C19H23N7. The fraction of sp³-hybridized carbons (Fsp3) is 0.421. The van der Waals surface area contributed by atoms with Crippen LogP contribution in [0.15, 0.2) is 37.3 Å². The van der Waals surface area contributed by atoms with Gasteiger partial charge in [0.15, 0.2) is 0 Å². The summed E-state index contributed by atoms with van der Waals surface area (Å²) >= 11 is 0. The molecule has 1 unspecified atom stereocenters. The molecule has 0 bridgehead atoms. The Kier molecular flexibility index (Phi) is 4.60. The number of aryl methyl sites for hydroxylation is 2. The van der Waals surface area contributed by atoms with E-state index < -0.39 is 0 Å². The molecule has 1 atom stereocenters. The lowest BCUT2D eigenvalue weighted by Crippen LogP contribution is -2.37. The SMILES string of the molecule is Cc1cc(N2CCCC(Cc3cncc(-c4cncn4C)n3)C2)ncn1. The molecule has 0 spiro atoms. The fourth-order valence-electron chi connectivity index (χ4n) is 3.58. The van der Waals surface area contributed by atoms with Gasteiger partial charge in [-0.1, -0.05) is 0 Å². The van der Waals surface area contributed by atoms with Crippen LogP contribution in [0.1, 0.15) is 24.2 Å². The highest BCUT2D eigenvalue weighted by Crippen LogP contribution is 2.24. The molecule has 3 aromatic heterocycles. The van der Waals surface area contributed by atoms with E-state index in [4.69, 9.17) is 4.98 Å². The first kappa shape index (κ1) is 16.6. The van der Waals surface area contributed by atoms with Crippen LogP contribution in [-0.4, -0.2) is 42.6 Å². The van der Waals surface area contributed by atoms with Crippen molar-refractivity contribution >= 4 is 5.82 Å². The number of hydrogen-bond acceptors (Lipinski definition) is 6. The monoisotopic (exact) mass is 349 g/mol. The number of hydrogen-bond donors (Lipinski definition) is 0. The Hall–Kier alpha value is -2.83. The molecule has 1 saturated heterocycles. The van der Waals surface area contributed by atoms with Crippen molar-refractivity contribution in [1.82, 2.24) is 29.5 Å². The Labute approximate surface area is 153 Å². The standard InChI is InChI=1S/C19H23N7/c1-14-6-19(23-12-22-14)26-5-3-4-15(11-26)7-16-8-20-9-17(24-16)18-10-21-13-25(18)2/h6,8-10,12-13,15H,3-5,7,11H2,1-2H3. The molecular weight excluding hydrogens is 326 g/mol. The van der Waals surface area contributed by atoms with E-state index in [1.807, 2.05) is 30.9 Å². The second-order valence-corrected chi connectivity index (χ2v) is 6.96. The Morgan fingerprint density at radius 3 is 2.88 bits per heavy atom. The van der Waals surface area contributed by atoms with Gasteiger partial charge in [-0.05, 0) is 32.1 Å². The van der Waals surface area contributed by atoms with Gasteiger partial charge in [0, 0.05) is 38.1 Å². The second-order valence-electron chi connectivity index (χ2n) is 6.96. The van der Waals surface area contributed by atoms with Crippen molar-refractivity contribution in [1.29, 1.82) is 0 Å². The third-order valence-corrected chi connectivity index (χ3v) is 4.89. The van der Waals surface area contributed by atoms with Gasteiger partial charge in [0.25, 0.3) is 0 Å². The summed E-state index contributed by atoms with van der Waals surface area (Å²) in [5.41, 5.74) is 3.91. The van der Waals surface area contributed by atoms with Crippen LogP contribution >= 0.6 is 0 Å². The molecule has 0 amide bonds. The summed E-state index contributed by atoms with van der Waals surface area (Å²) in [6, 6.07) is 2.06. The summed E-state index contributed by atoms with van der Waals surface area (Å²) < 4.78 is 1.97. The largest absolute Gasteiger partial charge is 0.356 e. The Morgan fingerprint density at radius 1 is 1.15 bits per heavy atom. The van der Waals surface area contributed by atoms with Crippen LogP contribution in [0.4, 0.5) is 5.82 Å². The molecule has 7 nitrogen and oxygen atoms in total. The first-order valence-corrected chi connectivity index (χ1v) is 9.00. The van der Waals surface area contributed by atoms with Crippen LogP contribution < -0.4 is 4.90 Å². The van der Waals surface area contributed by atoms with Gasteiger partial charge in [-0.2, -0.15) is 0 Å². The average Bonchev–Trinajstić information content (AvgIpc) is 3.08. The van der Waals surface area contributed by atoms with Gasteiger partial charge in [0.1, 0.15) is 17.8 Å². The smallest absolute Gasteiger partial charge is 0.132 e. The van der Waals surface area contributed by atoms with Gasteiger partial charge < -0.3 is 9.47 Å². The van der Waals surface area contributed by atoms with Gasteiger partial charge in [-0.15, -0.1) is 0 Å². The quantitative estimate of drug-likeness (QED) is 0.720. The minimum absolute atomic E-state index is 0.551. The zero-order valence-corrected chi connectivity index (χ0v) is 15.2. The molecule has 0 N–H and O–H groups in total. The molecule has 4 rings (SSSR count). The van der Waals surface area contributed by atoms with E-state index in [-0.39, 0.29) is 0 Å². The fourth-order valence-corrected chi connectivity index (χ4v) is 3.58. The summed E-state index contributed by atoms with van der Waals surface area (Å²) in [4.78, 5) is 24.4. The number of nitrogens with zero attached hydrogens (tertiary/aromatic N) is 7. The van der Waals surface area contributed by atoms with Crippen molar-refractivity contribution < 1.29 is 0 Å². The third-order valence-electron chi connectivity index (χ3n) is 4.89. The number of imidazole rings is 1. The lowest BCUT2D eigenvalue weighted by molar-refractivity contribution is 0.408. The lowest BCUT2D eigenvalue weighted by atomic mass is 9.93. The zero-order valence-electron chi connectivity index (χ0n) is 15.2. The maximum Gasteiger partial charge on any atom is 0.132 e. The molecule has 0 aliphatic carbocycles. The molecule has 0 aromatic carbocycles. The number of aromatic nitrogens is 6. The molecule has 26 heavy (non-hydrogen) atoms. The molecule has 1 fully saturated rings. The van der Waals surface area contributed by atoms with Crippen molar-refractivity contribution in [3.8, 4) is 11.4 Å². The zero-order chi connectivity index (χ0) is 17.9. The van der Waals surface area contributed by atoms with Crippen molar-refractivity contribution in [3.63, 3.8) is 0 Å². The summed E-state index contributed by atoms with van der Waals surface area (Å²) in [7, 11) is 1.97. The van der Waals surface area contributed by atoms with E-state index in [1.165, 1.54) is 12.8 Å². The predicted octanol–water partition coefficient (Wildman–Crippen LogP) is 2.43. The lowest BCUT2D eigenvalue weighted by Gasteiger charge is -2.33. The van der Waals surface area contributed by atoms with Gasteiger partial charge in [0.2, 0.25) is 0 Å². The summed E-state index contributed by atoms with van der Waals surface area (Å²) in [6.07, 6.45) is 12.3. The maximum atomic E-state index is 4.81. The second kappa shape index (κ2) is 7.19. The third kappa shape index (κ3) is 3.56. The predicted molar refractivity (Wildman–Crippen MR) is 99.6 cm³/mol. The van der Waals surface area contributed by atoms with E-state index in [1.54, 1.807) is 18.9 Å². The van der Waals surface area contributed by atoms with Gasteiger partial charge in [-0.25, -0.2) is 19.9 Å². The summed E-state index contributed by atoms with van der Waals surface area (Å²) in [5.74, 6) is 1.58. The highest BCUT2D eigenvalue weighted by molar-refractivity contribution is 5.52. The van der Waals surface area contributed by atoms with Crippen LogP contribution in [0.2, 0.25) is 0 Å². The summed E-state index contributed by atoms with van der Waals surface area (Å²) in [5, 5.41) is 0.